The molecule has 2 nitrogen and oxygen atoms in total. The summed E-state index contributed by atoms with van der Waals surface area (Å²) in [6, 6.07) is 0.427. The average molecular weight is 212 g/mol. The Morgan fingerprint density at radius 2 is 2.07 bits per heavy atom. The fourth-order valence-corrected chi connectivity index (χ4v) is 2.41. The maximum atomic E-state index is 6.04. The van der Waals surface area contributed by atoms with Gasteiger partial charge >= 0.3 is 0 Å². The van der Waals surface area contributed by atoms with Crippen molar-refractivity contribution in [3.63, 3.8) is 0 Å². The summed E-state index contributed by atoms with van der Waals surface area (Å²) in [5.41, 5.74) is 6.04. The van der Waals surface area contributed by atoms with E-state index in [2.05, 4.69) is 18.7 Å². The molecule has 1 heterocycles. The van der Waals surface area contributed by atoms with Gasteiger partial charge in [-0.25, -0.2) is 0 Å². The number of likely N-dealkylation sites (tertiary alicyclic amines) is 1. The van der Waals surface area contributed by atoms with Gasteiger partial charge in [0, 0.05) is 6.04 Å². The van der Waals surface area contributed by atoms with Crippen LogP contribution in [0.5, 0.6) is 0 Å². The first-order valence-corrected chi connectivity index (χ1v) is 6.70. The molecule has 1 aliphatic rings. The molecule has 90 valence electrons. The molecule has 2 atom stereocenters. The number of nitrogens with two attached hydrogens (primary N) is 1. The van der Waals surface area contributed by atoms with Gasteiger partial charge in [0.25, 0.3) is 0 Å². The van der Waals surface area contributed by atoms with Crippen LogP contribution in [0.15, 0.2) is 0 Å². The van der Waals surface area contributed by atoms with Crippen LogP contribution in [-0.4, -0.2) is 30.6 Å². The summed E-state index contributed by atoms with van der Waals surface area (Å²) in [4.78, 5) is 2.61. The van der Waals surface area contributed by atoms with Crippen molar-refractivity contribution < 1.29 is 0 Å². The minimum absolute atomic E-state index is 0.427. The molecule has 0 radical (unpaired) electrons. The van der Waals surface area contributed by atoms with E-state index in [9.17, 15) is 0 Å². The summed E-state index contributed by atoms with van der Waals surface area (Å²) in [7, 11) is 0. The van der Waals surface area contributed by atoms with Gasteiger partial charge < -0.3 is 10.6 Å². The number of hydrogen-bond acceptors (Lipinski definition) is 2. The monoisotopic (exact) mass is 212 g/mol. The third-order valence-electron chi connectivity index (χ3n) is 3.58. The van der Waals surface area contributed by atoms with E-state index in [0.29, 0.717) is 6.04 Å². The van der Waals surface area contributed by atoms with Crippen LogP contribution in [0.3, 0.4) is 0 Å². The van der Waals surface area contributed by atoms with Crippen LogP contribution in [0, 0.1) is 5.92 Å². The average Bonchev–Trinajstić information content (AvgIpc) is 2.41. The third-order valence-corrected chi connectivity index (χ3v) is 3.58. The zero-order valence-corrected chi connectivity index (χ0v) is 10.5. The van der Waals surface area contributed by atoms with Crippen LogP contribution in [0.1, 0.15) is 52.4 Å². The van der Waals surface area contributed by atoms with Gasteiger partial charge in [-0.3, -0.25) is 0 Å². The van der Waals surface area contributed by atoms with E-state index in [4.69, 9.17) is 5.73 Å². The van der Waals surface area contributed by atoms with Crippen LogP contribution in [-0.2, 0) is 0 Å². The van der Waals surface area contributed by atoms with Crippen LogP contribution in [0.4, 0.5) is 0 Å². The van der Waals surface area contributed by atoms with Crippen molar-refractivity contribution in [2.24, 2.45) is 11.7 Å². The minimum Gasteiger partial charge on any atom is -0.328 e. The Balaban J connectivity index is 2.14. The first kappa shape index (κ1) is 13.0. The second-order valence-corrected chi connectivity index (χ2v) is 5.22. The molecule has 1 rings (SSSR count). The molecule has 2 heteroatoms. The van der Waals surface area contributed by atoms with Gasteiger partial charge in [-0.15, -0.1) is 0 Å². The van der Waals surface area contributed by atoms with Crippen molar-refractivity contribution in [1.82, 2.24) is 4.90 Å². The first-order chi connectivity index (χ1) is 7.22. The molecule has 15 heavy (non-hydrogen) atoms. The van der Waals surface area contributed by atoms with Gasteiger partial charge in [0.15, 0.2) is 0 Å². The highest BCUT2D eigenvalue weighted by Gasteiger charge is 2.14. The Labute approximate surface area is 95.2 Å². The highest BCUT2D eigenvalue weighted by atomic mass is 15.1. The van der Waals surface area contributed by atoms with Gasteiger partial charge in [0.2, 0.25) is 0 Å². The van der Waals surface area contributed by atoms with Gasteiger partial charge in [-0.05, 0) is 57.7 Å². The Hall–Kier alpha value is -0.0800. The fourth-order valence-electron chi connectivity index (χ4n) is 2.41. The molecule has 0 aromatic rings. The lowest BCUT2D eigenvalue weighted by Crippen LogP contribution is -2.31. The van der Waals surface area contributed by atoms with Crippen LogP contribution in [0.25, 0.3) is 0 Å². The summed E-state index contributed by atoms with van der Waals surface area (Å²) in [5, 5.41) is 0. The standard InChI is InChI=1S/C13H28N2/c1-3-5-13(14)8-11-15-9-4-6-12(2)7-10-15/h12-13H,3-11,14H2,1-2H3. The predicted octanol–water partition coefficient (Wildman–Crippen LogP) is 2.63. The Morgan fingerprint density at radius 3 is 2.80 bits per heavy atom. The normalized spacial score (nSPS) is 26.2. The first-order valence-electron chi connectivity index (χ1n) is 6.70. The number of rotatable bonds is 5. The molecule has 1 saturated heterocycles. The van der Waals surface area contributed by atoms with E-state index in [1.54, 1.807) is 0 Å². The highest BCUT2D eigenvalue weighted by molar-refractivity contribution is 4.70. The molecule has 1 fully saturated rings. The molecule has 0 amide bonds. The number of nitrogens with zero attached hydrogens (tertiary/aromatic N) is 1. The van der Waals surface area contributed by atoms with E-state index in [1.807, 2.05) is 0 Å². The van der Waals surface area contributed by atoms with Crippen LogP contribution in [0.2, 0.25) is 0 Å². The second kappa shape index (κ2) is 7.24. The van der Waals surface area contributed by atoms with Gasteiger partial charge in [-0.1, -0.05) is 20.3 Å². The minimum atomic E-state index is 0.427. The molecule has 0 bridgehead atoms. The SMILES string of the molecule is CCCC(N)CCN1CCCC(C)CC1. The third kappa shape index (κ3) is 5.53. The smallest absolute Gasteiger partial charge is 0.00509 e. The molecule has 0 aromatic carbocycles. The van der Waals surface area contributed by atoms with E-state index in [1.165, 1.54) is 58.2 Å². The van der Waals surface area contributed by atoms with Gasteiger partial charge in [-0.2, -0.15) is 0 Å². The summed E-state index contributed by atoms with van der Waals surface area (Å²) in [6.45, 7) is 8.40. The van der Waals surface area contributed by atoms with E-state index < -0.39 is 0 Å². The largest absolute Gasteiger partial charge is 0.328 e. The maximum absolute atomic E-state index is 6.04. The molecule has 2 unspecified atom stereocenters. The Kier molecular flexibility index (Phi) is 6.26. The van der Waals surface area contributed by atoms with E-state index in [-0.39, 0.29) is 0 Å². The molecular weight excluding hydrogens is 184 g/mol. The molecule has 0 saturated carbocycles. The van der Waals surface area contributed by atoms with Crippen molar-refractivity contribution in [3.8, 4) is 0 Å². The van der Waals surface area contributed by atoms with Crippen molar-refractivity contribution in [1.29, 1.82) is 0 Å². The quantitative estimate of drug-likeness (QED) is 0.759. The zero-order valence-electron chi connectivity index (χ0n) is 10.5. The van der Waals surface area contributed by atoms with Crippen LogP contribution < -0.4 is 5.73 Å². The molecule has 0 spiro atoms. The molecular formula is C13H28N2. The molecule has 1 aliphatic heterocycles. The zero-order chi connectivity index (χ0) is 11.1. The predicted molar refractivity (Wildman–Crippen MR) is 67.0 cm³/mol. The summed E-state index contributed by atoms with van der Waals surface area (Å²) >= 11 is 0. The van der Waals surface area contributed by atoms with E-state index >= 15 is 0 Å². The summed E-state index contributed by atoms with van der Waals surface area (Å²) in [6.07, 6.45) is 7.76. The van der Waals surface area contributed by atoms with Crippen molar-refractivity contribution in [2.45, 2.75) is 58.4 Å². The molecule has 0 aromatic heterocycles. The van der Waals surface area contributed by atoms with Crippen molar-refractivity contribution >= 4 is 0 Å². The van der Waals surface area contributed by atoms with Gasteiger partial charge in [0.05, 0.1) is 0 Å². The summed E-state index contributed by atoms with van der Waals surface area (Å²) < 4.78 is 0. The lowest BCUT2D eigenvalue weighted by molar-refractivity contribution is 0.268. The van der Waals surface area contributed by atoms with Gasteiger partial charge in [0.1, 0.15) is 0 Å². The molecule has 0 aliphatic carbocycles. The number of hydrogen-bond donors (Lipinski definition) is 1. The second-order valence-electron chi connectivity index (χ2n) is 5.22. The fraction of sp³-hybridized carbons (Fsp3) is 1.00. The van der Waals surface area contributed by atoms with Crippen molar-refractivity contribution in [2.75, 3.05) is 19.6 Å². The van der Waals surface area contributed by atoms with E-state index in [0.717, 1.165) is 5.92 Å². The summed E-state index contributed by atoms with van der Waals surface area (Å²) in [5.74, 6) is 0.930. The molecule has 2 N–H and O–H groups in total. The van der Waals surface area contributed by atoms with Crippen LogP contribution >= 0.6 is 0 Å². The Bertz CT molecular complexity index is 159. The highest BCUT2D eigenvalue weighted by Crippen LogP contribution is 2.16. The topological polar surface area (TPSA) is 29.3 Å². The Morgan fingerprint density at radius 1 is 1.27 bits per heavy atom. The maximum Gasteiger partial charge on any atom is 0.00509 e. The lowest BCUT2D eigenvalue weighted by Gasteiger charge is -2.21. The van der Waals surface area contributed by atoms with Crippen molar-refractivity contribution in [3.05, 3.63) is 0 Å². The lowest BCUT2D eigenvalue weighted by atomic mass is 10.0.